The average molecular weight is 385 g/mol. The molecule has 0 amide bonds. The Morgan fingerprint density at radius 3 is 2.96 bits per heavy atom. The number of aryl methyl sites for hydroxylation is 2. The number of nitrogens with zero attached hydrogens (tertiary/aromatic N) is 5. The molecule has 7 heteroatoms. The Labute approximate surface area is 167 Å². The topological polar surface area (TPSA) is 83.4 Å². The molecule has 2 aliphatic rings. The van der Waals surface area contributed by atoms with Crippen molar-refractivity contribution >= 4 is 0 Å². The number of aliphatic hydroxyl groups is 1. The molecule has 1 fully saturated rings. The van der Waals surface area contributed by atoms with Gasteiger partial charge in [0.2, 0.25) is 0 Å². The van der Waals surface area contributed by atoms with Gasteiger partial charge in [0.25, 0.3) is 0 Å². The first kappa shape index (κ1) is 19.5. The van der Waals surface area contributed by atoms with Gasteiger partial charge >= 0.3 is 0 Å². The second-order valence-electron chi connectivity index (χ2n) is 8.28. The minimum Gasteiger partial charge on any atom is -0.390 e. The fourth-order valence-corrected chi connectivity index (χ4v) is 4.71. The molecule has 1 aliphatic carbocycles. The van der Waals surface area contributed by atoms with E-state index in [1.54, 1.807) is 0 Å². The Balaban J connectivity index is 1.53. The number of imidazole rings is 1. The minimum absolute atomic E-state index is 0.00338. The summed E-state index contributed by atoms with van der Waals surface area (Å²) >= 11 is 0. The molecular formula is C21H32N6O. The van der Waals surface area contributed by atoms with Gasteiger partial charge in [-0.05, 0) is 51.3 Å². The monoisotopic (exact) mass is 384 g/mol. The molecule has 0 radical (unpaired) electrons. The predicted molar refractivity (Wildman–Crippen MR) is 108 cm³/mol. The molecule has 2 atom stereocenters. The predicted octanol–water partition coefficient (Wildman–Crippen LogP) is 1.58. The highest BCUT2D eigenvalue weighted by atomic mass is 16.3. The van der Waals surface area contributed by atoms with Crippen LogP contribution < -0.4 is 5.73 Å². The van der Waals surface area contributed by atoms with E-state index in [4.69, 9.17) is 10.7 Å². The molecule has 0 saturated carbocycles. The standard InChI is InChI=1S/C21H32N6O/c1-15-24-18(20(13-28)27(15)14-26-10-8-17(22)11-26)12-25(2)19-7-3-5-16-6-4-9-23-21(16)19/h4,6,9,17,19,28H,3,5,7-8,10-14,22H2,1-2H3/t17?,19-/m0/s1. The van der Waals surface area contributed by atoms with E-state index < -0.39 is 0 Å². The molecule has 1 saturated heterocycles. The van der Waals surface area contributed by atoms with E-state index in [2.05, 4.69) is 32.5 Å². The number of pyridine rings is 1. The summed E-state index contributed by atoms with van der Waals surface area (Å²) in [7, 11) is 2.14. The van der Waals surface area contributed by atoms with E-state index in [9.17, 15) is 5.11 Å². The van der Waals surface area contributed by atoms with Gasteiger partial charge in [-0.2, -0.15) is 0 Å². The van der Waals surface area contributed by atoms with Crippen LogP contribution in [0.2, 0.25) is 0 Å². The molecule has 28 heavy (non-hydrogen) atoms. The van der Waals surface area contributed by atoms with E-state index in [0.29, 0.717) is 12.6 Å². The molecule has 2 aromatic heterocycles. The number of hydrogen-bond donors (Lipinski definition) is 2. The van der Waals surface area contributed by atoms with Gasteiger partial charge < -0.3 is 15.4 Å². The summed E-state index contributed by atoms with van der Waals surface area (Å²) in [6.45, 7) is 5.40. The molecule has 1 unspecified atom stereocenters. The zero-order valence-corrected chi connectivity index (χ0v) is 17.0. The highest BCUT2D eigenvalue weighted by Crippen LogP contribution is 2.33. The van der Waals surface area contributed by atoms with E-state index in [1.165, 1.54) is 17.7 Å². The first-order chi connectivity index (χ1) is 13.6. The number of aromatic nitrogens is 3. The van der Waals surface area contributed by atoms with E-state index in [1.807, 2.05) is 19.2 Å². The second kappa shape index (κ2) is 8.29. The normalized spacial score (nSPS) is 22.8. The van der Waals surface area contributed by atoms with Crippen LogP contribution in [0.25, 0.3) is 0 Å². The van der Waals surface area contributed by atoms with E-state index >= 15 is 0 Å². The van der Waals surface area contributed by atoms with Crippen molar-refractivity contribution in [3.05, 3.63) is 46.8 Å². The lowest BCUT2D eigenvalue weighted by atomic mass is 9.91. The highest BCUT2D eigenvalue weighted by molar-refractivity contribution is 5.26. The fraction of sp³-hybridized carbons (Fsp3) is 0.619. The van der Waals surface area contributed by atoms with Gasteiger partial charge in [0.1, 0.15) is 5.82 Å². The van der Waals surface area contributed by atoms with Crippen molar-refractivity contribution in [1.29, 1.82) is 0 Å². The van der Waals surface area contributed by atoms with Crippen molar-refractivity contribution in [2.24, 2.45) is 5.73 Å². The molecule has 0 bridgehead atoms. The van der Waals surface area contributed by atoms with Gasteiger partial charge in [0.15, 0.2) is 0 Å². The van der Waals surface area contributed by atoms with Gasteiger partial charge in [-0.3, -0.25) is 14.8 Å². The Morgan fingerprint density at radius 1 is 1.36 bits per heavy atom. The molecule has 3 heterocycles. The van der Waals surface area contributed by atoms with Crippen LogP contribution in [-0.2, 0) is 26.2 Å². The maximum atomic E-state index is 10.1. The number of fused-ring (bicyclic) bond motifs is 1. The van der Waals surface area contributed by atoms with Crippen molar-refractivity contribution in [1.82, 2.24) is 24.3 Å². The Morgan fingerprint density at radius 2 is 2.21 bits per heavy atom. The summed E-state index contributed by atoms with van der Waals surface area (Å²) in [6, 6.07) is 4.78. The number of likely N-dealkylation sites (tertiary alicyclic amines) is 1. The van der Waals surface area contributed by atoms with Crippen LogP contribution in [0.1, 0.15) is 53.8 Å². The quantitative estimate of drug-likeness (QED) is 0.787. The van der Waals surface area contributed by atoms with Crippen LogP contribution in [-0.4, -0.2) is 55.6 Å². The van der Waals surface area contributed by atoms with Crippen molar-refractivity contribution in [3.63, 3.8) is 0 Å². The van der Waals surface area contributed by atoms with E-state index in [-0.39, 0.29) is 12.6 Å². The van der Waals surface area contributed by atoms with Gasteiger partial charge in [-0.1, -0.05) is 6.07 Å². The molecule has 1 aliphatic heterocycles. The van der Waals surface area contributed by atoms with Gasteiger partial charge in [0, 0.05) is 31.9 Å². The maximum absolute atomic E-state index is 10.1. The number of rotatable bonds is 6. The van der Waals surface area contributed by atoms with Crippen molar-refractivity contribution < 1.29 is 5.11 Å². The third-order valence-electron chi connectivity index (χ3n) is 6.24. The molecular weight excluding hydrogens is 352 g/mol. The van der Waals surface area contributed by atoms with E-state index in [0.717, 1.165) is 56.2 Å². The molecule has 0 aromatic carbocycles. The summed E-state index contributed by atoms with van der Waals surface area (Å²) in [6.07, 6.45) is 6.33. The fourth-order valence-electron chi connectivity index (χ4n) is 4.71. The smallest absolute Gasteiger partial charge is 0.107 e. The lowest BCUT2D eigenvalue weighted by molar-refractivity contribution is 0.200. The van der Waals surface area contributed by atoms with Crippen LogP contribution in [0.3, 0.4) is 0 Å². The SMILES string of the molecule is Cc1nc(CN(C)[C@H]2CCCc3cccnc32)c(CO)n1CN1CCC(N)C1. The molecule has 2 aromatic rings. The Bertz CT molecular complexity index is 819. The van der Waals surface area contributed by atoms with Crippen LogP contribution in [0, 0.1) is 6.92 Å². The van der Waals surface area contributed by atoms with Gasteiger partial charge in [-0.15, -0.1) is 0 Å². The van der Waals surface area contributed by atoms with Crippen molar-refractivity contribution in [3.8, 4) is 0 Å². The largest absolute Gasteiger partial charge is 0.390 e. The van der Waals surface area contributed by atoms with Crippen LogP contribution >= 0.6 is 0 Å². The zero-order valence-electron chi connectivity index (χ0n) is 17.0. The number of aliphatic hydroxyl groups excluding tert-OH is 1. The molecule has 0 spiro atoms. The first-order valence-electron chi connectivity index (χ1n) is 10.3. The minimum atomic E-state index is 0.00338. The molecule has 7 nitrogen and oxygen atoms in total. The molecule has 4 rings (SSSR count). The Kier molecular flexibility index (Phi) is 5.78. The summed E-state index contributed by atoms with van der Waals surface area (Å²) in [5.74, 6) is 0.954. The average Bonchev–Trinajstić information content (AvgIpc) is 3.24. The van der Waals surface area contributed by atoms with Crippen LogP contribution in [0.5, 0.6) is 0 Å². The lowest BCUT2D eigenvalue weighted by Gasteiger charge is -2.32. The van der Waals surface area contributed by atoms with Crippen LogP contribution in [0.15, 0.2) is 18.3 Å². The third kappa shape index (κ3) is 3.85. The first-order valence-corrected chi connectivity index (χ1v) is 10.3. The maximum Gasteiger partial charge on any atom is 0.107 e. The highest BCUT2D eigenvalue weighted by Gasteiger charge is 2.27. The molecule has 3 N–H and O–H groups in total. The third-order valence-corrected chi connectivity index (χ3v) is 6.24. The molecule has 152 valence electrons. The van der Waals surface area contributed by atoms with Crippen molar-refractivity contribution in [2.45, 2.75) is 64.5 Å². The summed E-state index contributed by atoms with van der Waals surface area (Å²) in [5.41, 5.74) is 10.5. The van der Waals surface area contributed by atoms with Crippen molar-refractivity contribution in [2.75, 3.05) is 20.1 Å². The Hall–Kier alpha value is -1.80. The van der Waals surface area contributed by atoms with Crippen LogP contribution in [0.4, 0.5) is 0 Å². The zero-order chi connectivity index (χ0) is 19.7. The summed E-state index contributed by atoms with van der Waals surface area (Å²) in [5, 5.41) is 10.1. The summed E-state index contributed by atoms with van der Waals surface area (Å²) < 4.78 is 2.15. The second-order valence-corrected chi connectivity index (χ2v) is 8.28. The number of nitrogens with two attached hydrogens (primary N) is 1. The lowest BCUT2D eigenvalue weighted by Crippen LogP contribution is -2.30. The van der Waals surface area contributed by atoms with Gasteiger partial charge in [-0.25, -0.2) is 4.98 Å². The van der Waals surface area contributed by atoms with Gasteiger partial charge in [0.05, 0.1) is 36.4 Å². The number of hydrogen-bond acceptors (Lipinski definition) is 6. The summed E-state index contributed by atoms with van der Waals surface area (Å²) in [4.78, 5) is 14.2.